The van der Waals surface area contributed by atoms with Gasteiger partial charge in [-0.05, 0) is 48.7 Å². The summed E-state index contributed by atoms with van der Waals surface area (Å²) in [6.07, 6.45) is 0.862. The van der Waals surface area contributed by atoms with E-state index in [-0.39, 0.29) is 5.91 Å². The lowest BCUT2D eigenvalue weighted by Crippen LogP contribution is -2.28. The zero-order valence-electron chi connectivity index (χ0n) is 11.2. The first-order valence-corrected chi connectivity index (χ1v) is 6.90. The van der Waals surface area contributed by atoms with E-state index in [1.807, 2.05) is 37.3 Å². The van der Waals surface area contributed by atoms with Gasteiger partial charge < -0.3 is 10.6 Å². The second kappa shape index (κ2) is 4.84. The first-order chi connectivity index (χ1) is 9.56. The summed E-state index contributed by atoms with van der Waals surface area (Å²) in [7, 11) is 0. The molecule has 0 aliphatic carbocycles. The lowest BCUT2D eigenvalue weighted by molar-refractivity contribution is 0.0989. The molecule has 0 unspecified atom stereocenters. The van der Waals surface area contributed by atoms with E-state index in [1.165, 1.54) is 0 Å². The van der Waals surface area contributed by atoms with Gasteiger partial charge in [-0.25, -0.2) is 0 Å². The molecule has 0 saturated heterocycles. The van der Waals surface area contributed by atoms with Crippen LogP contribution in [0.2, 0.25) is 5.02 Å². The van der Waals surface area contributed by atoms with Gasteiger partial charge in [-0.15, -0.1) is 0 Å². The molecule has 0 saturated carbocycles. The molecule has 0 fully saturated rings. The molecule has 1 amide bonds. The van der Waals surface area contributed by atoms with Crippen LogP contribution in [0, 0.1) is 6.92 Å². The van der Waals surface area contributed by atoms with Gasteiger partial charge in [0.15, 0.2) is 0 Å². The van der Waals surface area contributed by atoms with Crippen molar-refractivity contribution in [2.45, 2.75) is 13.3 Å². The fourth-order valence-corrected chi connectivity index (χ4v) is 2.67. The van der Waals surface area contributed by atoms with Gasteiger partial charge >= 0.3 is 0 Å². The molecule has 3 nitrogen and oxygen atoms in total. The second-order valence-electron chi connectivity index (χ2n) is 5.06. The predicted octanol–water partition coefficient (Wildman–Crippen LogP) is 3.43. The minimum absolute atomic E-state index is 0.0312. The van der Waals surface area contributed by atoms with Gasteiger partial charge in [-0.1, -0.05) is 23.7 Å². The van der Waals surface area contributed by atoms with Crippen molar-refractivity contribution >= 4 is 28.9 Å². The fraction of sp³-hybridized carbons (Fsp3) is 0.188. The summed E-state index contributed by atoms with van der Waals surface area (Å²) in [6, 6.07) is 11.1. The van der Waals surface area contributed by atoms with Crippen LogP contribution >= 0.6 is 11.6 Å². The number of nitrogens with zero attached hydrogens (tertiary/aromatic N) is 1. The van der Waals surface area contributed by atoms with E-state index in [0.717, 1.165) is 23.2 Å². The highest BCUT2D eigenvalue weighted by Crippen LogP contribution is 2.31. The molecule has 102 valence electrons. The van der Waals surface area contributed by atoms with Crippen LogP contribution in [-0.4, -0.2) is 12.5 Å². The summed E-state index contributed by atoms with van der Waals surface area (Å²) in [4.78, 5) is 14.4. The minimum Gasteiger partial charge on any atom is -0.399 e. The second-order valence-corrected chi connectivity index (χ2v) is 5.47. The van der Waals surface area contributed by atoms with E-state index >= 15 is 0 Å². The third kappa shape index (κ3) is 2.14. The number of carbonyl (C=O) groups is 1. The quantitative estimate of drug-likeness (QED) is 0.816. The lowest BCUT2D eigenvalue weighted by Gasteiger charge is -2.18. The molecule has 1 aliphatic rings. The largest absolute Gasteiger partial charge is 0.399 e. The topological polar surface area (TPSA) is 46.3 Å². The summed E-state index contributed by atoms with van der Waals surface area (Å²) < 4.78 is 0. The van der Waals surface area contributed by atoms with Crippen molar-refractivity contribution in [3.8, 4) is 0 Å². The molecule has 0 bridgehead atoms. The molecule has 0 radical (unpaired) electrons. The number of rotatable bonds is 1. The molecule has 2 N–H and O–H groups in total. The van der Waals surface area contributed by atoms with Crippen LogP contribution in [0.1, 0.15) is 21.5 Å². The summed E-state index contributed by atoms with van der Waals surface area (Å²) in [5.41, 5.74) is 10.1. The fourth-order valence-electron chi connectivity index (χ4n) is 2.49. The van der Waals surface area contributed by atoms with Crippen molar-refractivity contribution in [3.63, 3.8) is 0 Å². The number of carbonyl (C=O) groups excluding carboxylic acids is 1. The molecular weight excluding hydrogens is 272 g/mol. The first kappa shape index (κ1) is 13.0. The molecule has 3 rings (SSSR count). The van der Waals surface area contributed by atoms with Gasteiger partial charge in [0, 0.05) is 28.5 Å². The minimum atomic E-state index is -0.0312. The maximum Gasteiger partial charge on any atom is 0.258 e. The summed E-state index contributed by atoms with van der Waals surface area (Å²) >= 11 is 6.10. The molecule has 1 heterocycles. The Hall–Kier alpha value is -2.00. The average Bonchev–Trinajstić information content (AvgIpc) is 2.84. The summed E-state index contributed by atoms with van der Waals surface area (Å²) in [5.74, 6) is -0.0312. The normalized spacial score (nSPS) is 13.4. The van der Waals surface area contributed by atoms with Crippen molar-refractivity contribution < 1.29 is 4.79 Å². The Morgan fingerprint density at radius 3 is 2.80 bits per heavy atom. The lowest BCUT2D eigenvalue weighted by atomic mass is 10.1. The number of aryl methyl sites for hydroxylation is 1. The maximum atomic E-state index is 12.6. The van der Waals surface area contributed by atoms with E-state index in [1.54, 1.807) is 11.0 Å². The van der Waals surface area contributed by atoms with Crippen molar-refractivity contribution in [1.82, 2.24) is 0 Å². The Morgan fingerprint density at radius 1 is 1.25 bits per heavy atom. The molecule has 2 aromatic rings. The van der Waals surface area contributed by atoms with Crippen molar-refractivity contribution in [2.75, 3.05) is 17.2 Å². The molecule has 4 heteroatoms. The van der Waals surface area contributed by atoms with E-state index in [4.69, 9.17) is 17.3 Å². The van der Waals surface area contributed by atoms with E-state index < -0.39 is 0 Å². The monoisotopic (exact) mass is 286 g/mol. The standard InChI is InChI=1S/C16H15ClN2O/c1-10-2-3-12(8-14(10)17)16(20)19-7-6-11-4-5-13(18)9-15(11)19/h2-5,8-9H,6-7,18H2,1H3. The molecule has 0 spiro atoms. The first-order valence-electron chi connectivity index (χ1n) is 6.52. The van der Waals surface area contributed by atoms with Gasteiger partial charge in [0.05, 0.1) is 0 Å². The number of anilines is 2. The Morgan fingerprint density at radius 2 is 2.05 bits per heavy atom. The van der Waals surface area contributed by atoms with Gasteiger partial charge in [-0.3, -0.25) is 4.79 Å². The Balaban J connectivity index is 1.97. The van der Waals surface area contributed by atoms with Crippen LogP contribution in [0.15, 0.2) is 36.4 Å². The summed E-state index contributed by atoms with van der Waals surface area (Å²) in [6.45, 7) is 2.60. The molecular formula is C16H15ClN2O. The van der Waals surface area contributed by atoms with Crippen molar-refractivity contribution in [2.24, 2.45) is 0 Å². The van der Waals surface area contributed by atoms with Crippen LogP contribution in [0.25, 0.3) is 0 Å². The number of nitrogen functional groups attached to an aromatic ring is 1. The van der Waals surface area contributed by atoms with Crippen LogP contribution in [0.5, 0.6) is 0 Å². The van der Waals surface area contributed by atoms with Gasteiger partial charge in [0.25, 0.3) is 5.91 Å². The van der Waals surface area contributed by atoms with Crippen molar-refractivity contribution in [1.29, 1.82) is 0 Å². The Kier molecular flexibility index (Phi) is 3.14. The number of hydrogen-bond acceptors (Lipinski definition) is 2. The summed E-state index contributed by atoms with van der Waals surface area (Å²) in [5, 5.41) is 0.614. The number of benzene rings is 2. The number of amides is 1. The molecule has 20 heavy (non-hydrogen) atoms. The van der Waals surface area contributed by atoms with Crippen molar-refractivity contribution in [3.05, 3.63) is 58.1 Å². The number of halogens is 1. The highest BCUT2D eigenvalue weighted by atomic mass is 35.5. The Labute approximate surface area is 123 Å². The highest BCUT2D eigenvalue weighted by molar-refractivity contribution is 6.31. The van der Waals surface area contributed by atoms with Gasteiger partial charge in [0.1, 0.15) is 0 Å². The predicted molar refractivity (Wildman–Crippen MR) is 82.4 cm³/mol. The van der Waals surface area contributed by atoms with Gasteiger partial charge in [-0.2, -0.15) is 0 Å². The Bertz CT molecular complexity index is 697. The zero-order valence-corrected chi connectivity index (χ0v) is 11.9. The third-order valence-corrected chi connectivity index (χ3v) is 4.08. The van der Waals surface area contributed by atoms with Crippen LogP contribution in [0.4, 0.5) is 11.4 Å². The maximum absolute atomic E-state index is 12.6. The van der Waals surface area contributed by atoms with E-state index in [2.05, 4.69) is 0 Å². The molecule has 1 aliphatic heterocycles. The average molecular weight is 287 g/mol. The molecule has 0 aromatic heterocycles. The third-order valence-electron chi connectivity index (χ3n) is 3.67. The molecule has 0 atom stereocenters. The number of fused-ring (bicyclic) bond motifs is 1. The van der Waals surface area contributed by atoms with Gasteiger partial charge in [0.2, 0.25) is 0 Å². The number of nitrogens with two attached hydrogens (primary N) is 1. The molecule has 2 aromatic carbocycles. The van der Waals surface area contributed by atoms with Crippen LogP contribution in [0.3, 0.4) is 0 Å². The highest BCUT2D eigenvalue weighted by Gasteiger charge is 2.25. The van der Waals surface area contributed by atoms with Crippen LogP contribution < -0.4 is 10.6 Å². The SMILES string of the molecule is Cc1ccc(C(=O)N2CCc3ccc(N)cc32)cc1Cl. The van der Waals surface area contributed by atoms with Crippen LogP contribution in [-0.2, 0) is 6.42 Å². The van der Waals surface area contributed by atoms with E-state index in [9.17, 15) is 4.79 Å². The number of hydrogen-bond donors (Lipinski definition) is 1. The zero-order chi connectivity index (χ0) is 14.3. The van der Waals surface area contributed by atoms with E-state index in [0.29, 0.717) is 22.8 Å². The smallest absolute Gasteiger partial charge is 0.258 e.